The Morgan fingerprint density at radius 3 is 2.22 bits per heavy atom. The topological polar surface area (TPSA) is 48.9 Å². The van der Waals surface area contributed by atoms with Gasteiger partial charge in [0.25, 0.3) is 5.69 Å². The Bertz CT molecular complexity index is 607. The summed E-state index contributed by atoms with van der Waals surface area (Å²) in [5, 5.41) is 11.0. The minimum Gasteiger partial charge on any atom is -0.539 e. The third-order valence-electron chi connectivity index (χ3n) is 3.19. The number of carbonyl (C=O) groups is 1. The van der Waals surface area contributed by atoms with Gasteiger partial charge in [-0.1, -0.05) is 18.2 Å². The van der Waals surface area contributed by atoms with Crippen LogP contribution in [0, 0.1) is 20.8 Å². The molecule has 0 saturated carbocycles. The van der Waals surface area contributed by atoms with Crippen LogP contribution in [0.15, 0.2) is 24.3 Å². The van der Waals surface area contributed by atoms with E-state index in [4.69, 9.17) is 0 Å². The molecule has 0 aliphatic carbocycles. The van der Waals surface area contributed by atoms with E-state index in [0.29, 0.717) is 0 Å². The number of carboxylic acid groups (broad SMARTS) is 1. The van der Waals surface area contributed by atoms with Crippen molar-refractivity contribution in [2.45, 2.75) is 20.8 Å². The first-order valence-electron chi connectivity index (χ1n) is 5.80. The monoisotopic (exact) mass is 244 g/mol. The molecule has 0 amide bonds. The third-order valence-corrected chi connectivity index (χ3v) is 3.19. The summed E-state index contributed by atoms with van der Waals surface area (Å²) in [6.45, 7) is 5.92. The molecular weight excluding hydrogens is 228 g/mol. The lowest BCUT2D eigenvalue weighted by Gasteiger charge is -2.10. The summed E-state index contributed by atoms with van der Waals surface area (Å²) in [6.07, 6.45) is 0. The Labute approximate surface area is 106 Å². The Hall–Kier alpha value is -2.10. The SMILES string of the molecule is Cc1cccc(C)c1-n1c(C)cc(C(=O)[O-])[n+]1C. The van der Waals surface area contributed by atoms with Crippen LogP contribution < -0.4 is 9.79 Å². The van der Waals surface area contributed by atoms with Crippen molar-refractivity contribution in [3.8, 4) is 5.69 Å². The Morgan fingerprint density at radius 2 is 1.78 bits per heavy atom. The highest BCUT2D eigenvalue weighted by molar-refractivity contribution is 5.81. The van der Waals surface area contributed by atoms with Gasteiger partial charge in [-0.15, -0.1) is 9.36 Å². The number of rotatable bonds is 2. The van der Waals surface area contributed by atoms with E-state index in [2.05, 4.69) is 0 Å². The van der Waals surface area contributed by atoms with E-state index in [-0.39, 0.29) is 5.69 Å². The third kappa shape index (κ3) is 1.79. The van der Waals surface area contributed by atoms with Crippen LogP contribution in [0.1, 0.15) is 27.3 Å². The Balaban J connectivity index is 2.76. The highest BCUT2D eigenvalue weighted by atomic mass is 16.4. The van der Waals surface area contributed by atoms with E-state index in [1.165, 1.54) is 0 Å². The maximum atomic E-state index is 11.0. The van der Waals surface area contributed by atoms with Gasteiger partial charge in [0.2, 0.25) is 0 Å². The van der Waals surface area contributed by atoms with Crippen molar-refractivity contribution in [3.63, 3.8) is 0 Å². The Morgan fingerprint density at radius 1 is 1.22 bits per heavy atom. The molecule has 4 heteroatoms. The second kappa shape index (κ2) is 4.29. The number of hydrogen-bond acceptors (Lipinski definition) is 2. The van der Waals surface area contributed by atoms with E-state index >= 15 is 0 Å². The molecule has 0 saturated heterocycles. The molecular formula is C14H16N2O2. The zero-order chi connectivity index (χ0) is 13.4. The number of aromatic nitrogens is 2. The van der Waals surface area contributed by atoms with Crippen LogP contribution in [0.5, 0.6) is 0 Å². The number of aryl methyl sites for hydroxylation is 3. The van der Waals surface area contributed by atoms with E-state index < -0.39 is 5.97 Å². The number of carboxylic acids is 1. The molecule has 0 atom stereocenters. The van der Waals surface area contributed by atoms with Gasteiger partial charge in [0.1, 0.15) is 11.7 Å². The molecule has 0 N–H and O–H groups in total. The average molecular weight is 244 g/mol. The van der Waals surface area contributed by atoms with E-state index in [0.717, 1.165) is 22.5 Å². The average Bonchev–Trinajstić information content (AvgIpc) is 2.56. The summed E-state index contributed by atoms with van der Waals surface area (Å²) in [7, 11) is 1.73. The largest absolute Gasteiger partial charge is 0.539 e. The van der Waals surface area contributed by atoms with Crippen molar-refractivity contribution in [2.75, 3.05) is 0 Å². The molecule has 1 aromatic heterocycles. The van der Waals surface area contributed by atoms with Gasteiger partial charge < -0.3 is 9.90 Å². The van der Waals surface area contributed by atoms with Crippen LogP contribution in [0.25, 0.3) is 5.69 Å². The zero-order valence-corrected chi connectivity index (χ0v) is 11.0. The normalized spacial score (nSPS) is 10.7. The van der Waals surface area contributed by atoms with Gasteiger partial charge in [0.05, 0.1) is 5.69 Å². The minimum absolute atomic E-state index is 0.176. The van der Waals surface area contributed by atoms with Crippen LogP contribution in [0.2, 0.25) is 0 Å². The standard InChI is InChI=1S/C14H16N2O2/c1-9-6-5-7-10(2)13(9)16-11(3)8-12(14(17)18)15(16)4/h5-8H,1-4H3. The second-order valence-electron chi connectivity index (χ2n) is 4.53. The fourth-order valence-electron chi connectivity index (χ4n) is 2.35. The first-order valence-corrected chi connectivity index (χ1v) is 5.80. The van der Waals surface area contributed by atoms with Gasteiger partial charge in [-0.25, -0.2) is 0 Å². The molecule has 2 rings (SSSR count). The van der Waals surface area contributed by atoms with Crippen molar-refractivity contribution < 1.29 is 14.6 Å². The van der Waals surface area contributed by atoms with Gasteiger partial charge >= 0.3 is 0 Å². The molecule has 0 unspecified atom stereocenters. The Kier molecular flexibility index (Phi) is 2.95. The summed E-state index contributed by atoms with van der Waals surface area (Å²) >= 11 is 0. The molecule has 0 aliphatic heterocycles. The molecule has 1 heterocycles. The van der Waals surface area contributed by atoms with Gasteiger partial charge in [-0.05, 0) is 31.9 Å². The molecule has 1 aromatic carbocycles. The number of hydrogen-bond donors (Lipinski definition) is 0. The van der Waals surface area contributed by atoms with Crippen LogP contribution in [-0.2, 0) is 7.05 Å². The highest BCUT2D eigenvalue weighted by Gasteiger charge is 2.21. The zero-order valence-electron chi connectivity index (χ0n) is 11.0. The van der Waals surface area contributed by atoms with E-state index in [9.17, 15) is 9.90 Å². The predicted molar refractivity (Wildman–Crippen MR) is 65.5 cm³/mol. The summed E-state index contributed by atoms with van der Waals surface area (Å²) in [5.41, 5.74) is 4.28. The smallest absolute Gasteiger partial charge is 0.254 e. The summed E-state index contributed by atoms with van der Waals surface area (Å²) < 4.78 is 3.51. The molecule has 0 fully saturated rings. The van der Waals surface area contributed by atoms with Crippen molar-refractivity contribution in [3.05, 3.63) is 46.8 Å². The maximum absolute atomic E-state index is 11.0. The number of para-hydroxylation sites is 1. The lowest BCUT2D eigenvalue weighted by atomic mass is 10.1. The van der Waals surface area contributed by atoms with Crippen LogP contribution >= 0.6 is 0 Å². The lowest BCUT2D eigenvalue weighted by molar-refractivity contribution is -0.748. The van der Waals surface area contributed by atoms with Gasteiger partial charge in [0.15, 0.2) is 7.05 Å². The van der Waals surface area contributed by atoms with E-state index in [1.54, 1.807) is 17.8 Å². The van der Waals surface area contributed by atoms with Gasteiger partial charge in [-0.3, -0.25) is 0 Å². The fraction of sp³-hybridized carbons (Fsp3) is 0.286. The molecule has 0 radical (unpaired) electrons. The van der Waals surface area contributed by atoms with Gasteiger partial charge in [-0.2, -0.15) is 0 Å². The van der Waals surface area contributed by atoms with Crippen LogP contribution in [0.4, 0.5) is 0 Å². The molecule has 18 heavy (non-hydrogen) atoms. The first-order chi connectivity index (χ1) is 8.43. The number of benzene rings is 1. The molecule has 2 aromatic rings. The summed E-state index contributed by atoms with van der Waals surface area (Å²) in [5.74, 6) is -1.16. The first kappa shape index (κ1) is 12.4. The van der Waals surface area contributed by atoms with Crippen molar-refractivity contribution in [1.82, 2.24) is 4.68 Å². The molecule has 94 valence electrons. The van der Waals surface area contributed by atoms with Crippen LogP contribution in [-0.4, -0.2) is 10.7 Å². The second-order valence-corrected chi connectivity index (χ2v) is 4.53. The van der Waals surface area contributed by atoms with Crippen LogP contribution in [0.3, 0.4) is 0 Å². The van der Waals surface area contributed by atoms with Gasteiger partial charge in [0, 0.05) is 6.07 Å². The highest BCUT2D eigenvalue weighted by Crippen LogP contribution is 2.19. The fourth-order valence-corrected chi connectivity index (χ4v) is 2.35. The predicted octanol–water partition coefficient (Wildman–Crippen LogP) is 0.591. The maximum Gasteiger partial charge on any atom is 0.254 e. The molecule has 0 spiro atoms. The number of nitrogens with zero attached hydrogens (tertiary/aromatic N) is 2. The molecule has 0 aliphatic rings. The lowest BCUT2D eigenvalue weighted by Crippen LogP contribution is -2.46. The summed E-state index contributed by atoms with van der Waals surface area (Å²) in [4.78, 5) is 11.0. The quantitative estimate of drug-likeness (QED) is 0.726. The van der Waals surface area contributed by atoms with Crippen molar-refractivity contribution >= 4 is 5.97 Å². The van der Waals surface area contributed by atoms with Crippen molar-refractivity contribution in [1.29, 1.82) is 0 Å². The minimum atomic E-state index is -1.16. The molecule has 0 bridgehead atoms. The van der Waals surface area contributed by atoms with Crippen molar-refractivity contribution in [2.24, 2.45) is 7.05 Å². The van der Waals surface area contributed by atoms with E-state index in [1.807, 2.05) is 43.7 Å². The number of aromatic carboxylic acids is 1. The number of carbonyl (C=O) groups excluding carboxylic acids is 1. The molecule has 4 nitrogen and oxygen atoms in total. The summed E-state index contributed by atoms with van der Waals surface area (Å²) in [6, 6.07) is 7.65.